The highest BCUT2D eigenvalue weighted by Crippen LogP contribution is 2.25. The largest absolute Gasteiger partial charge is 0.494 e. The van der Waals surface area contributed by atoms with Crippen LogP contribution in [0.1, 0.15) is 79.0 Å². The monoisotopic (exact) mass is 588 g/mol. The number of carbonyl (C=O) groups excluding carboxylic acids is 2. The quantitative estimate of drug-likeness (QED) is 0.0681. The minimum atomic E-state index is -4.44. The van der Waals surface area contributed by atoms with E-state index in [4.69, 9.17) is 9.47 Å². The molecule has 0 bridgehead atoms. The molecular formula is C33H36F4O5. The van der Waals surface area contributed by atoms with Gasteiger partial charge in [0.05, 0.1) is 17.7 Å². The Labute approximate surface area is 243 Å². The number of hydrogen-bond acceptors (Lipinski definition) is 5. The number of carbonyl (C=O) groups is 2. The van der Waals surface area contributed by atoms with Crippen molar-refractivity contribution < 1.29 is 41.4 Å². The first kappa shape index (κ1) is 32.6. The van der Waals surface area contributed by atoms with Gasteiger partial charge in [0.1, 0.15) is 11.5 Å². The average Bonchev–Trinajstić information content (AvgIpc) is 3.00. The molecule has 3 aromatic carbocycles. The van der Waals surface area contributed by atoms with E-state index in [-0.39, 0.29) is 11.3 Å². The topological polar surface area (TPSA) is 61.8 Å². The molecule has 0 N–H and O–H groups in total. The van der Waals surface area contributed by atoms with E-state index in [1.54, 1.807) is 24.3 Å². The molecule has 0 heterocycles. The second-order valence-electron chi connectivity index (χ2n) is 9.98. The molecule has 0 atom stereocenters. The van der Waals surface area contributed by atoms with Crippen LogP contribution in [0.25, 0.3) is 11.1 Å². The normalized spacial score (nSPS) is 11.4. The predicted octanol–water partition coefficient (Wildman–Crippen LogP) is 9.15. The first-order valence-electron chi connectivity index (χ1n) is 14.2. The summed E-state index contributed by atoms with van der Waals surface area (Å²) in [6, 6.07) is 19.5. The van der Waals surface area contributed by atoms with Crippen LogP contribution < -0.4 is 9.47 Å². The van der Waals surface area contributed by atoms with E-state index in [9.17, 15) is 27.2 Å². The molecule has 9 heteroatoms. The van der Waals surface area contributed by atoms with Crippen LogP contribution in [-0.4, -0.2) is 37.5 Å². The van der Waals surface area contributed by atoms with Crippen LogP contribution in [0.3, 0.4) is 0 Å². The minimum Gasteiger partial charge on any atom is -0.494 e. The van der Waals surface area contributed by atoms with Crippen molar-refractivity contribution in [3.8, 4) is 22.6 Å². The van der Waals surface area contributed by atoms with Crippen LogP contribution in [0.15, 0.2) is 72.8 Å². The molecule has 0 aromatic heterocycles. The van der Waals surface area contributed by atoms with E-state index >= 15 is 0 Å². The summed E-state index contributed by atoms with van der Waals surface area (Å²) in [4.78, 5) is 24.4. The van der Waals surface area contributed by atoms with Gasteiger partial charge in [-0.3, -0.25) is 0 Å². The summed E-state index contributed by atoms with van der Waals surface area (Å²) in [5.41, 5.74) is 2.00. The highest BCUT2D eigenvalue weighted by Gasteiger charge is 2.42. The highest BCUT2D eigenvalue weighted by molar-refractivity contribution is 5.92. The predicted molar refractivity (Wildman–Crippen MR) is 153 cm³/mol. The van der Waals surface area contributed by atoms with Crippen LogP contribution in [0, 0.1) is 0 Å². The van der Waals surface area contributed by atoms with Crippen molar-refractivity contribution in [3.05, 3.63) is 83.9 Å². The molecule has 0 unspecified atom stereocenters. The Bertz CT molecular complexity index is 1240. The molecule has 3 aromatic rings. The van der Waals surface area contributed by atoms with Gasteiger partial charge in [0.15, 0.2) is 6.61 Å². The maximum absolute atomic E-state index is 12.9. The van der Waals surface area contributed by atoms with Crippen LogP contribution in [0.5, 0.6) is 11.5 Å². The zero-order valence-electron chi connectivity index (χ0n) is 23.6. The molecule has 0 aliphatic heterocycles. The van der Waals surface area contributed by atoms with Gasteiger partial charge in [-0.05, 0) is 66.1 Å². The van der Waals surface area contributed by atoms with Gasteiger partial charge < -0.3 is 14.2 Å². The van der Waals surface area contributed by atoms with Gasteiger partial charge in [0.2, 0.25) is 0 Å². The van der Waals surface area contributed by atoms with E-state index in [1.165, 1.54) is 69.2 Å². The van der Waals surface area contributed by atoms with Crippen LogP contribution in [0.4, 0.5) is 17.6 Å². The van der Waals surface area contributed by atoms with E-state index in [2.05, 4.69) is 11.7 Å². The molecule has 226 valence electrons. The summed E-state index contributed by atoms with van der Waals surface area (Å²) in [5.74, 6) is -5.37. The third-order valence-corrected chi connectivity index (χ3v) is 6.59. The Balaban J connectivity index is 1.43. The average molecular weight is 589 g/mol. The fourth-order valence-corrected chi connectivity index (χ4v) is 4.10. The van der Waals surface area contributed by atoms with Crippen molar-refractivity contribution in [3.63, 3.8) is 0 Å². The lowest BCUT2D eigenvalue weighted by Crippen LogP contribution is -2.33. The van der Waals surface area contributed by atoms with Gasteiger partial charge in [-0.25, -0.2) is 18.4 Å². The van der Waals surface area contributed by atoms with Gasteiger partial charge in [-0.2, -0.15) is 8.78 Å². The van der Waals surface area contributed by atoms with E-state index < -0.39 is 30.9 Å². The van der Waals surface area contributed by atoms with Gasteiger partial charge in [0, 0.05) is 0 Å². The van der Waals surface area contributed by atoms with Crippen LogP contribution in [0.2, 0.25) is 0 Å². The molecule has 0 radical (unpaired) electrons. The van der Waals surface area contributed by atoms with E-state index in [0.29, 0.717) is 12.2 Å². The first-order chi connectivity index (χ1) is 20.2. The first-order valence-corrected chi connectivity index (χ1v) is 14.2. The number of rotatable bonds is 17. The van der Waals surface area contributed by atoms with Gasteiger partial charge in [-0.15, -0.1) is 0 Å². The smallest absolute Gasteiger partial charge is 0.343 e. The zero-order chi connectivity index (χ0) is 30.4. The molecule has 0 saturated carbocycles. The molecule has 3 rings (SSSR count). The summed E-state index contributed by atoms with van der Waals surface area (Å²) in [6.07, 6.45) is 6.03. The van der Waals surface area contributed by atoms with Crippen LogP contribution in [-0.2, 0) is 4.74 Å². The van der Waals surface area contributed by atoms with Crippen molar-refractivity contribution >= 4 is 11.9 Å². The Morgan fingerprint density at radius 3 is 1.71 bits per heavy atom. The second kappa shape index (κ2) is 16.5. The molecule has 0 aliphatic rings. The Hall–Kier alpha value is -3.88. The van der Waals surface area contributed by atoms with Crippen molar-refractivity contribution in [1.29, 1.82) is 0 Å². The minimum absolute atomic E-state index is 0.0982. The Kier molecular flexibility index (Phi) is 12.8. The fraction of sp³-hybridized carbons (Fsp3) is 0.394. The van der Waals surface area contributed by atoms with Gasteiger partial charge in [0.25, 0.3) is 0 Å². The van der Waals surface area contributed by atoms with Crippen molar-refractivity contribution in [2.45, 2.75) is 70.6 Å². The van der Waals surface area contributed by atoms with Crippen LogP contribution >= 0.6 is 0 Å². The van der Waals surface area contributed by atoms with Crippen molar-refractivity contribution in [2.24, 2.45) is 0 Å². The molecule has 5 nitrogen and oxygen atoms in total. The highest BCUT2D eigenvalue weighted by atomic mass is 19.3. The lowest BCUT2D eigenvalue weighted by atomic mass is 10.0. The van der Waals surface area contributed by atoms with Gasteiger partial charge >= 0.3 is 24.3 Å². The Morgan fingerprint density at radius 2 is 1.14 bits per heavy atom. The molecule has 0 saturated heterocycles. The summed E-state index contributed by atoms with van der Waals surface area (Å²) >= 11 is 0. The molecule has 0 spiro atoms. The number of ether oxygens (including phenoxy) is 3. The molecule has 0 amide bonds. The maximum Gasteiger partial charge on any atom is 0.343 e. The van der Waals surface area contributed by atoms with E-state index in [1.807, 2.05) is 24.3 Å². The number of unbranched alkanes of at least 4 members (excludes halogenated alkanes) is 7. The lowest BCUT2D eigenvalue weighted by Gasteiger charge is -2.15. The fourth-order valence-electron chi connectivity index (χ4n) is 4.10. The number of halogens is 4. The maximum atomic E-state index is 12.9. The Morgan fingerprint density at radius 1 is 0.667 bits per heavy atom. The molecule has 0 aliphatic carbocycles. The third-order valence-electron chi connectivity index (χ3n) is 6.59. The number of benzene rings is 3. The number of hydrogen-bond donors (Lipinski definition) is 0. The number of esters is 2. The third kappa shape index (κ3) is 10.5. The van der Waals surface area contributed by atoms with Crippen molar-refractivity contribution in [1.82, 2.24) is 0 Å². The van der Waals surface area contributed by atoms with Gasteiger partial charge in [-0.1, -0.05) is 76.1 Å². The summed E-state index contributed by atoms with van der Waals surface area (Å²) in [5, 5.41) is 0. The number of alkyl halides is 4. The SMILES string of the molecule is CCCCCCCCCCOc1ccc(-c2ccc(C(=O)Oc3ccc(C(=O)OCC(F)(F)C(F)F)cc3)cc2)cc1. The second-order valence-corrected chi connectivity index (χ2v) is 9.98. The molecular weight excluding hydrogens is 552 g/mol. The zero-order valence-corrected chi connectivity index (χ0v) is 23.6. The summed E-state index contributed by atoms with van der Waals surface area (Å²) in [6.45, 7) is 1.17. The van der Waals surface area contributed by atoms with E-state index in [0.717, 1.165) is 23.3 Å². The lowest BCUT2D eigenvalue weighted by molar-refractivity contribution is -0.155. The molecule has 0 fully saturated rings. The summed E-state index contributed by atoms with van der Waals surface area (Å²) in [7, 11) is 0. The van der Waals surface area contributed by atoms with Crippen molar-refractivity contribution in [2.75, 3.05) is 13.2 Å². The standard InChI is InChI=1S/C33H36F4O5/c1-2-3-4-5-6-7-8-9-22-40-28-18-14-25(15-19-28)24-10-12-27(13-11-24)31(39)42-29-20-16-26(17-21-29)30(38)41-23-33(36,37)32(34)35/h10-21,32H,2-9,22-23H2,1H3. The summed E-state index contributed by atoms with van der Waals surface area (Å²) < 4.78 is 65.7. The molecule has 42 heavy (non-hydrogen) atoms.